The lowest BCUT2D eigenvalue weighted by Gasteiger charge is -2.33. The third-order valence-electron chi connectivity index (χ3n) is 8.15. The molecule has 10 nitrogen and oxygen atoms in total. The number of Topliss-reactive ketones (excluding diaryl/α,β-unsaturated/α-hetero) is 1. The largest absolute Gasteiger partial charge is 0.493 e. The molecule has 1 saturated heterocycles. The van der Waals surface area contributed by atoms with Crippen LogP contribution >= 0.6 is 0 Å². The van der Waals surface area contributed by atoms with E-state index in [1.165, 1.54) is 0 Å². The SMILES string of the molecule is COc1ccc(C(=O)CCNCCCC2CCN(CC(=O)N3c4ccccc4C(=O)Nc4cccnc43)CC2)cc1OC. The molecule has 0 spiro atoms. The molecular weight excluding hydrogens is 546 g/mol. The quantitative estimate of drug-likeness (QED) is 0.233. The smallest absolute Gasteiger partial charge is 0.257 e. The maximum absolute atomic E-state index is 13.7. The number of fused-ring (bicyclic) bond motifs is 2. The van der Waals surface area contributed by atoms with Gasteiger partial charge in [0.25, 0.3) is 5.91 Å². The number of hydrogen-bond donors (Lipinski definition) is 2. The van der Waals surface area contributed by atoms with Gasteiger partial charge in [-0.25, -0.2) is 4.98 Å². The molecule has 226 valence electrons. The van der Waals surface area contributed by atoms with Crippen molar-refractivity contribution in [3.05, 3.63) is 71.9 Å². The van der Waals surface area contributed by atoms with Crippen molar-refractivity contribution in [1.82, 2.24) is 15.2 Å². The van der Waals surface area contributed by atoms with Crippen LogP contribution in [-0.2, 0) is 4.79 Å². The number of carbonyl (C=O) groups excluding carboxylic acids is 3. The van der Waals surface area contributed by atoms with Crippen LogP contribution in [0.25, 0.3) is 0 Å². The molecule has 2 aromatic carbocycles. The van der Waals surface area contributed by atoms with E-state index in [0.29, 0.717) is 58.7 Å². The number of carbonyl (C=O) groups is 3. The van der Waals surface area contributed by atoms with Crippen LogP contribution in [0.1, 0.15) is 52.8 Å². The van der Waals surface area contributed by atoms with Gasteiger partial charge in [0.2, 0.25) is 5.91 Å². The minimum atomic E-state index is -0.250. The van der Waals surface area contributed by atoms with Gasteiger partial charge in [0, 0.05) is 24.7 Å². The highest BCUT2D eigenvalue weighted by molar-refractivity contribution is 6.17. The lowest BCUT2D eigenvalue weighted by Crippen LogP contribution is -2.42. The molecule has 2 aliphatic rings. The molecule has 0 saturated carbocycles. The number of nitrogens with one attached hydrogen (secondary N) is 2. The highest BCUT2D eigenvalue weighted by Gasteiger charge is 2.31. The fraction of sp³-hybridized carbons (Fsp3) is 0.394. The highest BCUT2D eigenvalue weighted by atomic mass is 16.5. The van der Waals surface area contributed by atoms with Crippen molar-refractivity contribution in [2.45, 2.75) is 32.1 Å². The van der Waals surface area contributed by atoms with Gasteiger partial charge in [0.15, 0.2) is 23.1 Å². The summed E-state index contributed by atoms with van der Waals surface area (Å²) in [7, 11) is 3.14. The van der Waals surface area contributed by atoms with Gasteiger partial charge < -0.3 is 20.1 Å². The Morgan fingerprint density at radius 2 is 1.79 bits per heavy atom. The fourth-order valence-electron chi connectivity index (χ4n) is 5.78. The van der Waals surface area contributed by atoms with E-state index in [9.17, 15) is 14.4 Å². The Morgan fingerprint density at radius 1 is 1.00 bits per heavy atom. The molecule has 5 rings (SSSR count). The van der Waals surface area contributed by atoms with Gasteiger partial charge in [-0.3, -0.25) is 24.2 Å². The number of amides is 2. The van der Waals surface area contributed by atoms with Crippen molar-refractivity contribution >= 4 is 34.8 Å². The summed E-state index contributed by atoms with van der Waals surface area (Å²) < 4.78 is 10.5. The standard InChI is InChI=1S/C33H39N5O5/c1-42-29-12-11-24(21-30(29)43-2)28(39)13-18-34-16-5-7-23-14-19-37(20-15-23)22-31(40)38-27-10-4-3-8-25(27)33(41)36-26-9-6-17-35-32(26)38/h3-4,6,8-12,17,21,23,34H,5,7,13-16,18-20,22H2,1-2H3,(H,36,41). The molecule has 1 aromatic heterocycles. The van der Waals surface area contributed by atoms with E-state index < -0.39 is 0 Å². The molecule has 3 aromatic rings. The molecule has 0 atom stereocenters. The topological polar surface area (TPSA) is 113 Å². The summed E-state index contributed by atoms with van der Waals surface area (Å²) in [5.74, 6) is 1.94. The molecule has 10 heteroatoms. The number of ketones is 1. The van der Waals surface area contributed by atoms with E-state index in [2.05, 4.69) is 20.5 Å². The first kappa shape index (κ1) is 30.2. The number of methoxy groups -OCH3 is 2. The van der Waals surface area contributed by atoms with Crippen molar-refractivity contribution in [2.24, 2.45) is 5.92 Å². The van der Waals surface area contributed by atoms with Gasteiger partial charge in [-0.05, 0) is 93.7 Å². The zero-order chi connectivity index (χ0) is 30.2. The molecular formula is C33H39N5O5. The first-order valence-corrected chi connectivity index (χ1v) is 14.8. The second kappa shape index (κ2) is 14.3. The van der Waals surface area contributed by atoms with E-state index in [-0.39, 0.29) is 24.1 Å². The number of hydrogen-bond acceptors (Lipinski definition) is 8. The maximum atomic E-state index is 13.7. The molecule has 43 heavy (non-hydrogen) atoms. The molecule has 2 amide bonds. The van der Waals surface area contributed by atoms with Crippen LogP contribution in [0.4, 0.5) is 17.2 Å². The lowest BCUT2D eigenvalue weighted by atomic mass is 9.92. The van der Waals surface area contributed by atoms with Crippen LogP contribution in [0.2, 0.25) is 0 Å². The predicted molar refractivity (Wildman–Crippen MR) is 166 cm³/mol. The minimum absolute atomic E-state index is 0.0705. The Kier molecular flexibility index (Phi) is 10.0. The summed E-state index contributed by atoms with van der Waals surface area (Å²) in [5.41, 5.74) is 2.15. The van der Waals surface area contributed by atoms with Crippen molar-refractivity contribution in [3.63, 3.8) is 0 Å². The minimum Gasteiger partial charge on any atom is -0.493 e. The number of aromatic nitrogens is 1. The average molecular weight is 586 g/mol. The van der Waals surface area contributed by atoms with E-state index in [1.807, 2.05) is 6.07 Å². The van der Waals surface area contributed by atoms with Crippen LogP contribution < -0.4 is 25.0 Å². The van der Waals surface area contributed by atoms with E-state index in [0.717, 1.165) is 45.3 Å². The molecule has 0 aliphatic carbocycles. The van der Waals surface area contributed by atoms with E-state index in [4.69, 9.17) is 9.47 Å². The Balaban J connectivity index is 1.05. The Labute approximate surface area is 252 Å². The summed E-state index contributed by atoms with van der Waals surface area (Å²) >= 11 is 0. The molecule has 0 unspecified atom stereocenters. The Morgan fingerprint density at radius 3 is 2.58 bits per heavy atom. The Bertz CT molecular complexity index is 1450. The number of nitrogens with zero attached hydrogens (tertiary/aromatic N) is 3. The number of likely N-dealkylation sites (tertiary alicyclic amines) is 1. The van der Waals surface area contributed by atoms with Gasteiger partial charge >= 0.3 is 0 Å². The summed E-state index contributed by atoms with van der Waals surface area (Å²) in [5, 5.41) is 6.29. The second-order valence-corrected chi connectivity index (χ2v) is 10.9. The molecule has 2 N–H and O–H groups in total. The average Bonchev–Trinajstić information content (AvgIpc) is 3.16. The first-order chi connectivity index (χ1) is 21.0. The summed E-state index contributed by atoms with van der Waals surface area (Å²) in [6, 6.07) is 15.9. The van der Waals surface area contributed by atoms with Crippen LogP contribution in [0.5, 0.6) is 11.5 Å². The number of pyridine rings is 1. The van der Waals surface area contributed by atoms with Crippen LogP contribution in [-0.4, -0.2) is 74.4 Å². The molecule has 3 heterocycles. The third-order valence-corrected chi connectivity index (χ3v) is 8.15. The number of para-hydroxylation sites is 1. The fourth-order valence-corrected chi connectivity index (χ4v) is 5.78. The predicted octanol–water partition coefficient (Wildman–Crippen LogP) is 4.68. The van der Waals surface area contributed by atoms with Crippen LogP contribution in [0, 0.1) is 5.92 Å². The first-order valence-electron chi connectivity index (χ1n) is 14.8. The molecule has 2 aliphatic heterocycles. The van der Waals surface area contributed by atoms with Crippen molar-refractivity contribution in [2.75, 3.05) is 57.2 Å². The van der Waals surface area contributed by atoms with Gasteiger partial charge in [-0.15, -0.1) is 0 Å². The van der Waals surface area contributed by atoms with Gasteiger partial charge in [-0.2, -0.15) is 0 Å². The number of anilines is 3. The van der Waals surface area contributed by atoms with Crippen LogP contribution in [0.15, 0.2) is 60.8 Å². The molecule has 1 fully saturated rings. The maximum Gasteiger partial charge on any atom is 0.257 e. The van der Waals surface area contributed by atoms with E-state index in [1.54, 1.807) is 73.8 Å². The van der Waals surface area contributed by atoms with Crippen LogP contribution in [0.3, 0.4) is 0 Å². The van der Waals surface area contributed by atoms with Gasteiger partial charge in [-0.1, -0.05) is 12.1 Å². The monoisotopic (exact) mass is 585 g/mol. The summed E-state index contributed by atoms with van der Waals surface area (Å²) in [6.45, 7) is 3.47. The summed E-state index contributed by atoms with van der Waals surface area (Å²) in [6.07, 6.45) is 6.29. The number of rotatable bonds is 12. The van der Waals surface area contributed by atoms with Crippen molar-refractivity contribution in [1.29, 1.82) is 0 Å². The van der Waals surface area contributed by atoms with Gasteiger partial charge in [0.05, 0.1) is 37.7 Å². The Hall–Kier alpha value is -4.28. The van der Waals surface area contributed by atoms with E-state index >= 15 is 0 Å². The number of benzene rings is 2. The zero-order valence-electron chi connectivity index (χ0n) is 24.8. The lowest BCUT2D eigenvalue weighted by molar-refractivity contribution is -0.119. The molecule has 0 radical (unpaired) electrons. The van der Waals surface area contributed by atoms with Crippen molar-refractivity contribution in [3.8, 4) is 11.5 Å². The summed E-state index contributed by atoms with van der Waals surface area (Å²) in [4.78, 5) is 47.3. The second-order valence-electron chi connectivity index (χ2n) is 10.9. The van der Waals surface area contributed by atoms with Gasteiger partial charge in [0.1, 0.15) is 0 Å². The third kappa shape index (κ3) is 7.21. The number of piperidine rings is 1. The normalized spacial score (nSPS) is 15.2. The zero-order valence-corrected chi connectivity index (χ0v) is 24.8. The highest BCUT2D eigenvalue weighted by Crippen LogP contribution is 2.36. The number of ether oxygens (including phenoxy) is 2. The molecule has 0 bridgehead atoms. The van der Waals surface area contributed by atoms with Crippen molar-refractivity contribution < 1.29 is 23.9 Å².